The van der Waals surface area contributed by atoms with E-state index in [1.165, 1.54) is 0 Å². The van der Waals surface area contributed by atoms with Crippen LogP contribution in [0.25, 0.3) is 22.6 Å². The summed E-state index contributed by atoms with van der Waals surface area (Å²) in [5, 5.41) is 8.01. The van der Waals surface area contributed by atoms with Crippen LogP contribution in [0.5, 0.6) is 0 Å². The summed E-state index contributed by atoms with van der Waals surface area (Å²) in [6, 6.07) is 11.5. The molecule has 2 heterocycles. The number of benzene rings is 1. The molecule has 0 atom stereocenters. The fourth-order valence-corrected chi connectivity index (χ4v) is 1.68. The molecule has 5 heteroatoms. The highest BCUT2D eigenvalue weighted by Crippen LogP contribution is 2.19. The smallest absolute Gasteiger partial charge is 0.200 e. The predicted molar refractivity (Wildman–Crippen MR) is 62.1 cm³/mol. The summed E-state index contributed by atoms with van der Waals surface area (Å²) < 4.78 is 0. The van der Waals surface area contributed by atoms with Crippen molar-refractivity contribution in [2.75, 3.05) is 0 Å². The maximum Gasteiger partial charge on any atom is 0.200 e. The summed E-state index contributed by atoms with van der Waals surface area (Å²) in [4.78, 5) is 7.49. The minimum absolute atomic E-state index is 0.357. The first-order valence-corrected chi connectivity index (χ1v) is 5.15. The van der Waals surface area contributed by atoms with Crippen LogP contribution in [0.4, 0.5) is 0 Å². The van der Waals surface area contributed by atoms with E-state index in [9.17, 15) is 0 Å². The van der Waals surface area contributed by atoms with Gasteiger partial charge in [0.2, 0.25) is 0 Å². The van der Waals surface area contributed by atoms with Gasteiger partial charge in [-0.3, -0.25) is 0 Å². The summed E-state index contributed by atoms with van der Waals surface area (Å²) in [6.07, 6.45) is 0. The number of fused-ring (bicyclic) bond motifs is 1. The van der Waals surface area contributed by atoms with Crippen LogP contribution in [-0.2, 0) is 0 Å². The highest BCUT2D eigenvalue weighted by Gasteiger charge is 2.06. The SMILES string of the molecule is Clc1cc2[nH]c(-c3ccccc3)nc2nn1. The van der Waals surface area contributed by atoms with Crippen molar-refractivity contribution in [2.24, 2.45) is 0 Å². The molecule has 1 N–H and O–H groups in total. The fourth-order valence-electron chi connectivity index (χ4n) is 1.53. The van der Waals surface area contributed by atoms with Gasteiger partial charge in [-0.15, -0.1) is 10.2 Å². The lowest BCUT2D eigenvalue weighted by molar-refractivity contribution is 1.06. The number of aromatic amines is 1. The monoisotopic (exact) mass is 230 g/mol. The van der Waals surface area contributed by atoms with Crippen LogP contribution in [0.1, 0.15) is 0 Å². The van der Waals surface area contributed by atoms with Gasteiger partial charge in [-0.05, 0) is 0 Å². The third-order valence-electron chi connectivity index (χ3n) is 2.26. The minimum atomic E-state index is 0.357. The zero-order chi connectivity index (χ0) is 11.0. The van der Waals surface area contributed by atoms with Gasteiger partial charge in [0.15, 0.2) is 10.8 Å². The van der Waals surface area contributed by atoms with E-state index in [1.54, 1.807) is 6.07 Å². The van der Waals surface area contributed by atoms with E-state index >= 15 is 0 Å². The number of nitrogens with one attached hydrogen (secondary N) is 1. The Bertz CT molecular complexity index is 633. The van der Waals surface area contributed by atoms with Crippen molar-refractivity contribution in [3.63, 3.8) is 0 Å². The topological polar surface area (TPSA) is 54.5 Å². The van der Waals surface area contributed by atoms with Gasteiger partial charge in [0.1, 0.15) is 5.82 Å². The van der Waals surface area contributed by atoms with Crippen LogP contribution < -0.4 is 0 Å². The molecular formula is C11H7ClN4. The van der Waals surface area contributed by atoms with Crippen molar-refractivity contribution < 1.29 is 0 Å². The van der Waals surface area contributed by atoms with E-state index in [1.807, 2.05) is 30.3 Å². The van der Waals surface area contributed by atoms with E-state index in [0.29, 0.717) is 10.8 Å². The summed E-state index contributed by atoms with van der Waals surface area (Å²) in [7, 11) is 0. The van der Waals surface area contributed by atoms with Crippen LogP contribution >= 0.6 is 11.6 Å². The molecule has 2 aromatic heterocycles. The Morgan fingerprint density at radius 2 is 1.88 bits per heavy atom. The molecule has 0 bridgehead atoms. The molecule has 0 spiro atoms. The van der Waals surface area contributed by atoms with Gasteiger partial charge in [0.05, 0.1) is 5.52 Å². The summed E-state index contributed by atoms with van der Waals surface area (Å²) in [5.41, 5.74) is 2.37. The summed E-state index contributed by atoms with van der Waals surface area (Å²) >= 11 is 5.75. The molecule has 0 aliphatic heterocycles. The van der Waals surface area contributed by atoms with Gasteiger partial charge in [-0.25, -0.2) is 4.98 Å². The standard InChI is InChI=1S/C11H7ClN4/c12-9-6-8-11(16-15-9)14-10(13-8)7-4-2-1-3-5-7/h1-6H,(H,13,14,16). The number of rotatable bonds is 1. The van der Waals surface area contributed by atoms with E-state index in [0.717, 1.165) is 16.9 Å². The van der Waals surface area contributed by atoms with Crippen LogP contribution in [0, 0.1) is 0 Å². The lowest BCUT2D eigenvalue weighted by Crippen LogP contribution is -1.82. The Morgan fingerprint density at radius 3 is 2.69 bits per heavy atom. The molecule has 0 aliphatic carbocycles. The van der Waals surface area contributed by atoms with Gasteiger partial charge in [0.25, 0.3) is 0 Å². The molecule has 78 valence electrons. The molecule has 16 heavy (non-hydrogen) atoms. The Morgan fingerprint density at radius 1 is 1.06 bits per heavy atom. The second-order valence-corrected chi connectivity index (χ2v) is 3.74. The molecule has 0 unspecified atom stereocenters. The fraction of sp³-hybridized carbons (Fsp3) is 0. The lowest BCUT2D eigenvalue weighted by atomic mass is 10.2. The largest absolute Gasteiger partial charge is 0.336 e. The number of halogens is 1. The van der Waals surface area contributed by atoms with Gasteiger partial charge in [-0.1, -0.05) is 41.9 Å². The number of imidazole rings is 1. The third-order valence-corrected chi connectivity index (χ3v) is 2.45. The maximum atomic E-state index is 5.75. The zero-order valence-corrected chi connectivity index (χ0v) is 8.94. The summed E-state index contributed by atoms with van der Waals surface area (Å²) in [6.45, 7) is 0. The van der Waals surface area contributed by atoms with Crippen LogP contribution in [-0.4, -0.2) is 20.2 Å². The van der Waals surface area contributed by atoms with Crippen LogP contribution in [0.3, 0.4) is 0 Å². The van der Waals surface area contributed by atoms with E-state index in [-0.39, 0.29) is 0 Å². The molecule has 0 radical (unpaired) electrons. The Balaban J connectivity index is 2.19. The van der Waals surface area contributed by atoms with Crippen molar-refractivity contribution in [3.8, 4) is 11.4 Å². The quantitative estimate of drug-likeness (QED) is 0.699. The third kappa shape index (κ3) is 1.53. The molecule has 0 amide bonds. The molecule has 0 aliphatic rings. The van der Waals surface area contributed by atoms with E-state index < -0.39 is 0 Å². The number of hydrogen-bond acceptors (Lipinski definition) is 3. The minimum Gasteiger partial charge on any atom is -0.336 e. The number of nitrogens with zero attached hydrogens (tertiary/aromatic N) is 3. The first-order valence-electron chi connectivity index (χ1n) is 4.77. The van der Waals surface area contributed by atoms with Crippen LogP contribution in [0.2, 0.25) is 5.15 Å². The molecule has 0 fully saturated rings. The molecule has 1 aromatic carbocycles. The van der Waals surface area contributed by atoms with Gasteiger partial charge < -0.3 is 4.98 Å². The average molecular weight is 231 g/mol. The Labute approximate surface area is 96.3 Å². The second-order valence-electron chi connectivity index (χ2n) is 3.36. The van der Waals surface area contributed by atoms with E-state index in [2.05, 4.69) is 20.2 Å². The molecule has 0 saturated carbocycles. The van der Waals surface area contributed by atoms with Crippen molar-refractivity contribution in [1.29, 1.82) is 0 Å². The first-order chi connectivity index (χ1) is 7.83. The highest BCUT2D eigenvalue weighted by molar-refractivity contribution is 6.29. The summed E-state index contributed by atoms with van der Waals surface area (Å²) in [5.74, 6) is 0.771. The average Bonchev–Trinajstić information content (AvgIpc) is 2.73. The molecule has 0 saturated heterocycles. The molecule has 3 rings (SSSR count). The number of H-pyrrole nitrogens is 1. The molecular weight excluding hydrogens is 224 g/mol. The second kappa shape index (κ2) is 3.57. The van der Waals surface area contributed by atoms with Crippen molar-refractivity contribution in [2.45, 2.75) is 0 Å². The normalized spacial score (nSPS) is 10.8. The van der Waals surface area contributed by atoms with Crippen LogP contribution in [0.15, 0.2) is 36.4 Å². The zero-order valence-electron chi connectivity index (χ0n) is 8.18. The van der Waals surface area contributed by atoms with Crippen molar-refractivity contribution >= 4 is 22.8 Å². The Hall–Kier alpha value is -1.94. The van der Waals surface area contributed by atoms with Gasteiger partial charge in [-0.2, -0.15) is 0 Å². The highest BCUT2D eigenvalue weighted by atomic mass is 35.5. The van der Waals surface area contributed by atoms with E-state index in [4.69, 9.17) is 11.6 Å². The lowest BCUT2D eigenvalue weighted by Gasteiger charge is -1.92. The number of hydrogen-bond donors (Lipinski definition) is 1. The predicted octanol–water partition coefficient (Wildman–Crippen LogP) is 2.67. The Kier molecular flexibility index (Phi) is 2.08. The first kappa shape index (κ1) is 9.30. The van der Waals surface area contributed by atoms with Gasteiger partial charge >= 0.3 is 0 Å². The maximum absolute atomic E-state index is 5.75. The molecule has 4 nitrogen and oxygen atoms in total. The number of aromatic nitrogens is 4. The van der Waals surface area contributed by atoms with Crippen molar-refractivity contribution in [3.05, 3.63) is 41.6 Å². The van der Waals surface area contributed by atoms with Gasteiger partial charge in [0, 0.05) is 11.6 Å². The van der Waals surface area contributed by atoms with Crippen molar-refractivity contribution in [1.82, 2.24) is 20.2 Å². The molecule has 3 aromatic rings.